The number of nitrogens with zero attached hydrogens (tertiary/aromatic N) is 2. The van der Waals surface area contributed by atoms with Crippen LogP contribution >= 0.6 is 0 Å². The van der Waals surface area contributed by atoms with Crippen molar-refractivity contribution in [3.05, 3.63) is 41.5 Å². The van der Waals surface area contributed by atoms with Gasteiger partial charge in [-0.15, -0.1) is 0 Å². The Morgan fingerprint density at radius 1 is 1.25 bits per heavy atom. The summed E-state index contributed by atoms with van der Waals surface area (Å²) in [5.41, 5.74) is 5.85. The van der Waals surface area contributed by atoms with E-state index in [4.69, 9.17) is 9.72 Å². The van der Waals surface area contributed by atoms with E-state index in [1.807, 2.05) is 12.1 Å². The number of aromatic nitrogens is 2. The summed E-state index contributed by atoms with van der Waals surface area (Å²) in [7, 11) is 0. The van der Waals surface area contributed by atoms with Gasteiger partial charge in [-0.25, -0.2) is 4.98 Å². The Labute approximate surface area is 162 Å². The number of hydrogen-bond donors (Lipinski definition) is 2. The molecule has 2 N–H and O–H groups in total. The van der Waals surface area contributed by atoms with Gasteiger partial charge in [0.2, 0.25) is 0 Å². The Bertz CT molecular complexity index is 1110. The Balaban J connectivity index is 1.48. The molecule has 1 amide bonds. The number of anilines is 1. The van der Waals surface area contributed by atoms with E-state index in [1.54, 1.807) is 0 Å². The predicted molar refractivity (Wildman–Crippen MR) is 108 cm³/mol. The summed E-state index contributed by atoms with van der Waals surface area (Å²) in [6, 6.07) is 10.3. The van der Waals surface area contributed by atoms with E-state index in [1.165, 1.54) is 12.8 Å². The number of ether oxygens (including phenoxy) is 1. The molecule has 0 unspecified atom stereocenters. The second kappa shape index (κ2) is 5.99. The van der Waals surface area contributed by atoms with Crippen molar-refractivity contribution in [3.63, 3.8) is 0 Å². The van der Waals surface area contributed by atoms with Crippen LogP contribution in [0.25, 0.3) is 22.4 Å². The van der Waals surface area contributed by atoms with Crippen LogP contribution in [0, 0.1) is 5.92 Å². The summed E-state index contributed by atoms with van der Waals surface area (Å²) in [4.78, 5) is 17.1. The molecule has 3 aliphatic rings. The molecular weight excluding hydrogens is 352 g/mol. The first-order valence-corrected chi connectivity index (χ1v) is 10.1. The average molecular weight is 374 g/mol. The zero-order chi connectivity index (χ0) is 18.7. The molecular formula is C22H22N4O2. The van der Waals surface area contributed by atoms with E-state index in [9.17, 15) is 4.79 Å². The van der Waals surface area contributed by atoms with Crippen molar-refractivity contribution in [1.29, 1.82) is 0 Å². The number of amides is 1. The summed E-state index contributed by atoms with van der Waals surface area (Å²) >= 11 is 0. The highest BCUT2D eigenvalue weighted by Gasteiger charge is 2.24. The molecule has 2 aromatic carbocycles. The monoisotopic (exact) mass is 374 g/mol. The number of hydrogen-bond acceptors (Lipinski definition) is 4. The normalized spacial score (nSPS) is 17.8. The van der Waals surface area contributed by atoms with Crippen LogP contribution in [0.3, 0.4) is 0 Å². The lowest BCUT2D eigenvalue weighted by molar-refractivity contribution is 0.0966. The molecule has 0 radical (unpaired) electrons. The van der Waals surface area contributed by atoms with Crippen molar-refractivity contribution in [3.8, 4) is 17.1 Å². The molecule has 3 heterocycles. The molecule has 6 heteroatoms. The quantitative estimate of drug-likeness (QED) is 0.733. The zero-order valence-electron chi connectivity index (χ0n) is 15.6. The van der Waals surface area contributed by atoms with Crippen molar-refractivity contribution in [1.82, 2.24) is 14.9 Å². The smallest absolute Gasteiger partial charge is 0.251 e. The summed E-state index contributed by atoms with van der Waals surface area (Å²) in [5.74, 6) is 2.61. The summed E-state index contributed by atoms with van der Waals surface area (Å²) in [6.45, 7) is 3.18. The highest BCUT2D eigenvalue weighted by atomic mass is 16.5. The van der Waals surface area contributed by atoms with Gasteiger partial charge in [0, 0.05) is 42.5 Å². The Morgan fingerprint density at radius 3 is 3.07 bits per heavy atom. The van der Waals surface area contributed by atoms with E-state index in [2.05, 4.69) is 33.4 Å². The van der Waals surface area contributed by atoms with E-state index in [0.717, 1.165) is 70.4 Å². The second-order valence-electron chi connectivity index (χ2n) is 8.01. The van der Waals surface area contributed by atoms with Crippen LogP contribution in [0.4, 0.5) is 5.69 Å². The molecule has 0 spiro atoms. The van der Waals surface area contributed by atoms with Gasteiger partial charge in [-0.3, -0.25) is 4.79 Å². The molecule has 1 aromatic heterocycles. The SMILES string of the molecule is O=C1NCc2ccc(-c3nc4cc(NCC5CC5)cc5c4n3CCCO5)cc21. The minimum atomic E-state index is -0.000544. The molecule has 142 valence electrons. The number of imidazole rings is 1. The highest BCUT2D eigenvalue weighted by molar-refractivity contribution is 5.99. The van der Waals surface area contributed by atoms with Crippen LogP contribution in [-0.4, -0.2) is 28.6 Å². The van der Waals surface area contributed by atoms with E-state index in [-0.39, 0.29) is 5.91 Å². The number of fused-ring (bicyclic) bond motifs is 1. The molecule has 0 atom stereocenters. The standard InChI is InChI=1S/C22H22N4O2/c27-22-17-8-14(4-5-15(17)12-24-22)21-25-18-9-16(23-11-13-2-3-13)10-19-20(18)26(21)6-1-7-28-19/h4-5,8-10,13,23H,1-3,6-7,11-12H2,(H,24,27). The fourth-order valence-electron chi connectivity index (χ4n) is 4.22. The number of carbonyl (C=O) groups is 1. The van der Waals surface area contributed by atoms with Crippen molar-refractivity contribution in [2.24, 2.45) is 5.92 Å². The number of benzene rings is 2. The van der Waals surface area contributed by atoms with Crippen LogP contribution in [0.15, 0.2) is 30.3 Å². The minimum Gasteiger partial charge on any atom is -0.491 e. The molecule has 6 nitrogen and oxygen atoms in total. The fraction of sp³-hybridized carbons (Fsp3) is 0.364. The van der Waals surface area contributed by atoms with Gasteiger partial charge in [0.25, 0.3) is 5.91 Å². The fourth-order valence-corrected chi connectivity index (χ4v) is 4.22. The minimum absolute atomic E-state index is 0.000544. The number of aryl methyl sites for hydroxylation is 1. The highest BCUT2D eigenvalue weighted by Crippen LogP contribution is 2.37. The average Bonchev–Trinajstić information content (AvgIpc) is 3.42. The third kappa shape index (κ3) is 2.55. The van der Waals surface area contributed by atoms with Gasteiger partial charge in [-0.05, 0) is 42.9 Å². The Morgan fingerprint density at radius 2 is 2.18 bits per heavy atom. The van der Waals surface area contributed by atoms with Crippen molar-refractivity contribution in [2.45, 2.75) is 32.4 Å². The molecule has 1 saturated carbocycles. The Hall–Kier alpha value is -3.02. The second-order valence-corrected chi connectivity index (χ2v) is 8.01. The molecule has 3 aromatic rings. The number of nitrogens with one attached hydrogen (secondary N) is 2. The first-order chi connectivity index (χ1) is 13.8. The van der Waals surface area contributed by atoms with Gasteiger partial charge in [0.15, 0.2) is 0 Å². The molecule has 1 fully saturated rings. The van der Waals surface area contributed by atoms with Crippen LogP contribution in [-0.2, 0) is 13.1 Å². The van der Waals surface area contributed by atoms with Crippen LogP contribution < -0.4 is 15.4 Å². The maximum atomic E-state index is 12.1. The van der Waals surface area contributed by atoms with Gasteiger partial charge in [-0.2, -0.15) is 0 Å². The van der Waals surface area contributed by atoms with Crippen molar-refractivity contribution < 1.29 is 9.53 Å². The first-order valence-electron chi connectivity index (χ1n) is 10.1. The number of rotatable bonds is 4. The molecule has 6 rings (SSSR count). The van der Waals surface area contributed by atoms with Crippen molar-refractivity contribution in [2.75, 3.05) is 18.5 Å². The lowest BCUT2D eigenvalue weighted by atomic mass is 10.1. The van der Waals surface area contributed by atoms with Gasteiger partial charge < -0.3 is 19.9 Å². The molecule has 0 saturated heterocycles. The van der Waals surface area contributed by atoms with Crippen molar-refractivity contribution >= 4 is 22.6 Å². The molecule has 0 bridgehead atoms. The lowest BCUT2D eigenvalue weighted by Gasteiger charge is -2.10. The van der Waals surface area contributed by atoms with Crippen LogP contribution in [0.1, 0.15) is 35.2 Å². The molecule has 28 heavy (non-hydrogen) atoms. The molecule has 2 aliphatic heterocycles. The van der Waals surface area contributed by atoms with E-state index in [0.29, 0.717) is 13.2 Å². The van der Waals surface area contributed by atoms with Crippen LogP contribution in [0.2, 0.25) is 0 Å². The van der Waals surface area contributed by atoms with E-state index < -0.39 is 0 Å². The molecule has 1 aliphatic carbocycles. The predicted octanol–water partition coefficient (Wildman–Crippen LogP) is 3.55. The largest absolute Gasteiger partial charge is 0.491 e. The lowest BCUT2D eigenvalue weighted by Crippen LogP contribution is -2.12. The summed E-state index contributed by atoms with van der Waals surface area (Å²) < 4.78 is 8.31. The van der Waals surface area contributed by atoms with Gasteiger partial charge in [0.05, 0.1) is 12.1 Å². The third-order valence-corrected chi connectivity index (χ3v) is 5.93. The van der Waals surface area contributed by atoms with Gasteiger partial charge in [-0.1, -0.05) is 12.1 Å². The number of carbonyl (C=O) groups excluding carboxylic acids is 1. The zero-order valence-corrected chi connectivity index (χ0v) is 15.6. The summed E-state index contributed by atoms with van der Waals surface area (Å²) in [6.07, 6.45) is 3.58. The topological polar surface area (TPSA) is 68.2 Å². The maximum absolute atomic E-state index is 12.1. The van der Waals surface area contributed by atoms with Crippen LogP contribution in [0.5, 0.6) is 5.75 Å². The first kappa shape index (κ1) is 16.0. The maximum Gasteiger partial charge on any atom is 0.251 e. The summed E-state index contributed by atoms with van der Waals surface area (Å²) in [5, 5.41) is 6.43. The van der Waals surface area contributed by atoms with Gasteiger partial charge >= 0.3 is 0 Å². The van der Waals surface area contributed by atoms with E-state index >= 15 is 0 Å². The third-order valence-electron chi connectivity index (χ3n) is 5.93. The Kier molecular flexibility index (Phi) is 3.42. The van der Waals surface area contributed by atoms with Gasteiger partial charge in [0.1, 0.15) is 17.1 Å².